The molecule has 1 aliphatic rings. The number of carbonyl (C=O) groups is 1. The van der Waals surface area contributed by atoms with Crippen LogP contribution in [-0.2, 0) is 4.79 Å². The number of hydrogen-bond donors (Lipinski definition) is 1. The largest absolute Gasteiger partial charge is 0.321 e. The Labute approximate surface area is 71.4 Å². The van der Waals surface area contributed by atoms with Gasteiger partial charge in [-0.05, 0) is 18.8 Å². The molecule has 11 heavy (non-hydrogen) atoms. The number of rotatable bonds is 4. The van der Waals surface area contributed by atoms with Crippen LogP contribution in [0, 0.1) is 5.92 Å². The van der Waals surface area contributed by atoms with Gasteiger partial charge in [-0.2, -0.15) is 0 Å². The summed E-state index contributed by atoms with van der Waals surface area (Å²) in [6, 6.07) is -0.300. The number of nitrogens with two attached hydrogens (primary N) is 1. The third-order valence-corrected chi connectivity index (χ3v) is 2.00. The van der Waals surface area contributed by atoms with Crippen LogP contribution in [0.2, 0.25) is 0 Å². The molecule has 0 amide bonds. The summed E-state index contributed by atoms with van der Waals surface area (Å²) in [6.45, 7) is 3.45. The zero-order chi connectivity index (χ0) is 8.43. The molecule has 0 saturated heterocycles. The zero-order valence-corrected chi connectivity index (χ0v) is 7.10. The molecule has 1 aliphatic carbocycles. The van der Waals surface area contributed by atoms with E-state index in [1.165, 1.54) is 0 Å². The molecule has 1 atom stereocenters. The lowest BCUT2D eigenvalue weighted by Crippen LogP contribution is -2.32. The summed E-state index contributed by atoms with van der Waals surface area (Å²) in [5.74, 6) is 0.436. The van der Waals surface area contributed by atoms with Gasteiger partial charge >= 0.3 is 0 Å². The maximum Gasteiger partial charge on any atom is 0.155 e. The van der Waals surface area contributed by atoms with E-state index in [1.54, 1.807) is 0 Å². The van der Waals surface area contributed by atoms with Crippen molar-refractivity contribution in [2.24, 2.45) is 11.7 Å². The van der Waals surface area contributed by atoms with Crippen LogP contribution in [0.1, 0.15) is 19.3 Å². The monoisotopic (exact) mass is 173 g/mol. The minimum Gasteiger partial charge on any atom is -0.321 e. The van der Waals surface area contributed by atoms with Gasteiger partial charge in [-0.3, -0.25) is 4.79 Å². The van der Waals surface area contributed by atoms with E-state index in [1.807, 2.05) is 0 Å². The predicted octanol–water partition coefficient (Wildman–Crippen LogP) is 1.44. The SMILES string of the molecule is C=C(Cl)CC(=O)C(N)C1CC1. The Bertz CT molecular complexity index is 187. The van der Waals surface area contributed by atoms with Gasteiger partial charge in [0, 0.05) is 11.5 Å². The first-order chi connectivity index (χ1) is 5.11. The molecule has 62 valence electrons. The van der Waals surface area contributed by atoms with Crippen LogP contribution in [0.25, 0.3) is 0 Å². The van der Waals surface area contributed by atoms with Crippen LogP contribution in [0.15, 0.2) is 11.6 Å². The van der Waals surface area contributed by atoms with E-state index in [9.17, 15) is 4.79 Å². The quantitative estimate of drug-likeness (QED) is 0.699. The second-order valence-electron chi connectivity index (χ2n) is 3.02. The molecule has 1 rings (SSSR count). The van der Waals surface area contributed by atoms with Gasteiger partial charge in [0.15, 0.2) is 5.78 Å². The summed E-state index contributed by atoms with van der Waals surface area (Å²) >= 11 is 5.47. The van der Waals surface area contributed by atoms with Crippen LogP contribution in [0.3, 0.4) is 0 Å². The van der Waals surface area contributed by atoms with Crippen LogP contribution in [0.4, 0.5) is 0 Å². The van der Waals surface area contributed by atoms with Gasteiger partial charge in [0.1, 0.15) is 0 Å². The Hall–Kier alpha value is -0.340. The summed E-state index contributed by atoms with van der Waals surface area (Å²) in [7, 11) is 0. The molecule has 0 aromatic rings. The molecule has 2 N–H and O–H groups in total. The van der Waals surface area contributed by atoms with Crippen molar-refractivity contribution in [2.45, 2.75) is 25.3 Å². The normalized spacial score (nSPS) is 19.5. The van der Waals surface area contributed by atoms with E-state index in [0.29, 0.717) is 11.0 Å². The average Bonchev–Trinajstić information content (AvgIpc) is 2.65. The topological polar surface area (TPSA) is 43.1 Å². The summed E-state index contributed by atoms with van der Waals surface area (Å²) in [5, 5.41) is 0.381. The van der Waals surface area contributed by atoms with E-state index < -0.39 is 0 Å². The van der Waals surface area contributed by atoms with E-state index in [-0.39, 0.29) is 18.2 Å². The first-order valence-corrected chi connectivity index (χ1v) is 4.10. The highest BCUT2D eigenvalue weighted by Crippen LogP contribution is 2.32. The Morgan fingerprint density at radius 1 is 1.73 bits per heavy atom. The Balaban J connectivity index is 2.33. The molecular formula is C8H12ClNO. The first kappa shape index (κ1) is 8.75. The fourth-order valence-corrected chi connectivity index (χ4v) is 1.16. The number of ketones is 1. The van der Waals surface area contributed by atoms with Gasteiger partial charge < -0.3 is 5.73 Å². The molecule has 0 heterocycles. The van der Waals surface area contributed by atoms with Crippen molar-refractivity contribution in [3.63, 3.8) is 0 Å². The summed E-state index contributed by atoms with van der Waals surface area (Å²) in [4.78, 5) is 11.2. The van der Waals surface area contributed by atoms with Crippen molar-refractivity contribution in [1.82, 2.24) is 0 Å². The summed E-state index contributed by atoms with van der Waals surface area (Å²) < 4.78 is 0. The van der Waals surface area contributed by atoms with Crippen molar-refractivity contribution in [2.75, 3.05) is 0 Å². The molecule has 1 fully saturated rings. The van der Waals surface area contributed by atoms with Crippen molar-refractivity contribution in [3.8, 4) is 0 Å². The lowest BCUT2D eigenvalue weighted by Gasteiger charge is -2.06. The smallest absolute Gasteiger partial charge is 0.155 e. The van der Waals surface area contributed by atoms with Crippen LogP contribution in [0.5, 0.6) is 0 Å². The Morgan fingerprint density at radius 2 is 2.27 bits per heavy atom. The standard InChI is InChI=1S/C8H12ClNO/c1-5(9)4-7(11)8(10)6-2-3-6/h6,8H,1-4,10H2. The Kier molecular flexibility index (Phi) is 2.68. The van der Waals surface area contributed by atoms with Gasteiger partial charge in [0.25, 0.3) is 0 Å². The average molecular weight is 174 g/mol. The van der Waals surface area contributed by atoms with Gasteiger partial charge in [-0.15, -0.1) is 0 Å². The predicted molar refractivity (Wildman–Crippen MR) is 45.3 cm³/mol. The summed E-state index contributed by atoms with van der Waals surface area (Å²) in [6.07, 6.45) is 2.39. The van der Waals surface area contributed by atoms with Crippen molar-refractivity contribution < 1.29 is 4.79 Å². The molecule has 0 aromatic carbocycles. The van der Waals surface area contributed by atoms with Crippen molar-refractivity contribution in [3.05, 3.63) is 11.6 Å². The van der Waals surface area contributed by atoms with Crippen LogP contribution >= 0.6 is 11.6 Å². The van der Waals surface area contributed by atoms with Crippen LogP contribution < -0.4 is 5.73 Å². The number of halogens is 1. The molecule has 2 nitrogen and oxygen atoms in total. The molecule has 1 saturated carbocycles. The fraction of sp³-hybridized carbons (Fsp3) is 0.625. The molecule has 0 radical (unpaired) electrons. The highest BCUT2D eigenvalue weighted by Gasteiger charge is 2.32. The lowest BCUT2D eigenvalue weighted by atomic mass is 10.1. The van der Waals surface area contributed by atoms with Gasteiger partial charge in [0.05, 0.1) is 6.04 Å². The van der Waals surface area contributed by atoms with Gasteiger partial charge in [0.2, 0.25) is 0 Å². The third kappa shape index (κ3) is 2.64. The highest BCUT2D eigenvalue weighted by molar-refractivity contribution is 6.30. The number of carbonyl (C=O) groups excluding carboxylic acids is 1. The number of allylic oxidation sites excluding steroid dienone is 1. The minimum absolute atomic E-state index is 0.0208. The molecule has 1 unspecified atom stereocenters. The molecule has 0 bridgehead atoms. The lowest BCUT2D eigenvalue weighted by molar-refractivity contribution is -0.119. The van der Waals surface area contributed by atoms with Gasteiger partial charge in [-0.25, -0.2) is 0 Å². The van der Waals surface area contributed by atoms with E-state index in [0.717, 1.165) is 12.8 Å². The molecule has 0 spiro atoms. The molecule has 0 aliphatic heterocycles. The van der Waals surface area contributed by atoms with E-state index in [4.69, 9.17) is 17.3 Å². The highest BCUT2D eigenvalue weighted by atomic mass is 35.5. The number of Topliss-reactive ketones (excluding diaryl/α,β-unsaturated/α-hetero) is 1. The second kappa shape index (κ2) is 3.37. The molecule has 3 heteroatoms. The van der Waals surface area contributed by atoms with E-state index in [2.05, 4.69) is 6.58 Å². The molecule has 0 aromatic heterocycles. The Morgan fingerprint density at radius 3 is 2.64 bits per heavy atom. The minimum atomic E-state index is -0.300. The van der Waals surface area contributed by atoms with Crippen LogP contribution in [-0.4, -0.2) is 11.8 Å². The van der Waals surface area contributed by atoms with E-state index >= 15 is 0 Å². The maximum absolute atomic E-state index is 11.2. The number of hydrogen-bond acceptors (Lipinski definition) is 2. The van der Waals surface area contributed by atoms with Crippen molar-refractivity contribution >= 4 is 17.4 Å². The third-order valence-electron chi connectivity index (χ3n) is 1.87. The maximum atomic E-state index is 11.2. The van der Waals surface area contributed by atoms with Crippen molar-refractivity contribution in [1.29, 1.82) is 0 Å². The summed E-state index contributed by atoms with van der Waals surface area (Å²) in [5.41, 5.74) is 5.62. The first-order valence-electron chi connectivity index (χ1n) is 3.73. The zero-order valence-electron chi connectivity index (χ0n) is 6.35. The fourth-order valence-electron chi connectivity index (χ4n) is 1.03. The second-order valence-corrected chi connectivity index (χ2v) is 3.56. The molecular weight excluding hydrogens is 162 g/mol. The van der Waals surface area contributed by atoms with Gasteiger partial charge in [-0.1, -0.05) is 18.2 Å².